The molecule has 0 heterocycles. The predicted molar refractivity (Wildman–Crippen MR) is 122 cm³/mol. The van der Waals surface area contributed by atoms with Gasteiger partial charge in [-0.15, -0.1) is 0 Å². The van der Waals surface area contributed by atoms with Crippen LogP contribution in [0.5, 0.6) is 5.75 Å². The third-order valence-corrected chi connectivity index (χ3v) is 4.98. The first-order chi connectivity index (χ1) is 15.0. The molecule has 5 heteroatoms. The van der Waals surface area contributed by atoms with Crippen LogP contribution in [0.3, 0.4) is 0 Å². The van der Waals surface area contributed by atoms with Gasteiger partial charge in [-0.1, -0.05) is 63.3 Å². The van der Waals surface area contributed by atoms with Crippen LogP contribution in [0.1, 0.15) is 69.7 Å². The highest BCUT2D eigenvalue weighted by molar-refractivity contribution is 5.92. The molecule has 0 aliphatic carbocycles. The van der Waals surface area contributed by atoms with E-state index in [9.17, 15) is 9.59 Å². The molecule has 0 aliphatic heterocycles. The minimum absolute atomic E-state index is 0.248. The number of hydrogen-bond acceptors (Lipinski definition) is 5. The number of benzene rings is 2. The summed E-state index contributed by atoms with van der Waals surface area (Å²) >= 11 is 0. The second kappa shape index (κ2) is 13.5. The van der Waals surface area contributed by atoms with E-state index < -0.39 is 18.0 Å². The first kappa shape index (κ1) is 24.4. The van der Waals surface area contributed by atoms with Crippen molar-refractivity contribution in [1.29, 1.82) is 0 Å². The lowest BCUT2D eigenvalue weighted by Crippen LogP contribution is -2.26. The number of ether oxygens (including phenoxy) is 3. The third-order valence-electron chi connectivity index (χ3n) is 4.98. The Morgan fingerprint density at radius 1 is 0.806 bits per heavy atom. The molecule has 0 amide bonds. The molecule has 0 saturated carbocycles. The van der Waals surface area contributed by atoms with Gasteiger partial charge in [0.25, 0.3) is 0 Å². The Labute approximate surface area is 185 Å². The minimum atomic E-state index is -0.934. The molecule has 0 bridgehead atoms. The molecule has 0 aromatic heterocycles. The molecule has 0 aliphatic rings. The number of rotatable bonds is 13. The van der Waals surface area contributed by atoms with Crippen molar-refractivity contribution in [2.45, 2.75) is 65.4 Å². The van der Waals surface area contributed by atoms with Crippen LogP contribution in [0.2, 0.25) is 0 Å². The van der Waals surface area contributed by atoms with Gasteiger partial charge in [0.1, 0.15) is 5.75 Å². The molecular formula is C26H34O5. The second-order valence-electron chi connectivity index (χ2n) is 7.52. The molecule has 0 saturated heterocycles. The molecule has 168 valence electrons. The smallest absolute Gasteiger partial charge is 0.347 e. The van der Waals surface area contributed by atoms with E-state index in [-0.39, 0.29) is 6.61 Å². The lowest BCUT2D eigenvalue weighted by atomic mass is 10.0. The van der Waals surface area contributed by atoms with Crippen molar-refractivity contribution in [3.63, 3.8) is 0 Å². The number of esters is 2. The largest absolute Gasteiger partial charge is 0.494 e. The molecule has 0 N–H and O–H groups in total. The molecule has 0 radical (unpaired) electrons. The van der Waals surface area contributed by atoms with Gasteiger partial charge >= 0.3 is 11.9 Å². The number of unbranched alkanes of at least 4 members (excludes halogenated alkanes) is 5. The van der Waals surface area contributed by atoms with E-state index >= 15 is 0 Å². The normalized spacial score (nSPS) is 11.6. The summed E-state index contributed by atoms with van der Waals surface area (Å²) in [4.78, 5) is 23.8. The first-order valence-electron chi connectivity index (χ1n) is 11.3. The summed E-state index contributed by atoms with van der Waals surface area (Å²) in [6.45, 7) is 6.43. The first-order valence-corrected chi connectivity index (χ1v) is 11.3. The van der Waals surface area contributed by atoms with Gasteiger partial charge in [-0.2, -0.15) is 0 Å². The molecule has 1 atom stereocenters. The van der Waals surface area contributed by atoms with Crippen molar-refractivity contribution >= 4 is 11.9 Å². The number of hydrogen-bond donors (Lipinski definition) is 0. The van der Waals surface area contributed by atoms with Crippen LogP contribution in [0, 0.1) is 0 Å². The van der Waals surface area contributed by atoms with E-state index in [4.69, 9.17) is 14.2 Å². The second-order valence-corrected chi connectivity index (χ2v) is 7.52. The topological polar surface area (TPSA) is 61.8 Å². The highest BCUT2D eigenvalue weighted by atomic mass is 16.6. The van der Waals surface area contributed by atoms with Crippen LogP contribution < -0.4 is 4.74 Å². The van der Waals surface area contributed by atoms with Gasteiger partial charge in [0.2, 0.25) is 0 Å². The maximum absolute atomic E-state index is 12.2. The van der Waals surface area contributed by atoms with Gasteiger partial charge in [0, 0.05) is 0 Å². The van der Waals surface area contributed by atoms with E-state index in [1.165, 1.54) is 39.0 Å². The van der Waals surface area contributed by atoms with Gasteiger partial charge in [0.15, 0.2) is 6.10 Å². The molecule has 5 nitrogen and oxygen atoms in total. The maximum atomic E-state index is 12.2. The molecular weight excluding hydrogens is 392 g/mol. The van der Waals surface area contributed by atoms with Crippen LogP contribution in [-0.2, 0) is 14.3 Å². The quantitative estimate of drug-likeness (QED) is 0.282. The lowest BCUT2D eigenvalue weighted by Gasteiger charge is -2.12. The minimum Gasteiger partial charge on any atom is -0.494 e. The lowest BCUT2D eigenvalue weighted by molar-refractivity contribution is -0.152. The summed E-state index contributed by atoms with van der Waals surface area (Å²) in [6.07, 6.45) is 6.54. The molecule has 0 spiro atoms. The Morgan fingerprint density at radius 2 is 1.39 bits per heavy atom. The molecule has 2 rings (SSSR count). The van der Waals surface area contributed by atoms with E-state index in [0.29, 0.717) is 5.56 Å². The monoisotopic (exact) mass is 426 g/mol. The number of carbonyl (C=O) groups excluding carboxylic acids is 2. The summed E-state index contributed by atoms with van der Waals surface area (Å²) in [5.74, 6) is -0.234. The van der Waals surface area contributed by atoms with Crippen molar-refractivity contribution in [1.82, 2.24) is 0 Å². The Kier molecular flexibility index (Phi) is 10.6. The average molecular weight is 427 g/mol. The Balaban J connectivity index is 1.83. The highest BCUT2D eigenvalue weighted by Crippen LogP contribution is 2.23. The van der Waals surface area contributed by atoms with E-state index in [2.05, 4.69) is 6.92 Å². The van der Waals surface area contributed by atoms with Gasteiger partial charge in [-0.05, 0) is 55.7 Å². The summed E-state index contributed by atoms with van der Waals surface area (Å²) in [5, 5.41) is 0. The van der Waals surface area contributed by atoms with Gasteiger partial charge in [0.05, 0.1) is 18.8 Å². The summed E-state index contributed by atoms with van der Waals surface area (Å²) < 4.78 is 15.8. The Morgan fingerprint density at radius 3 is 2.00 bits per heavy atom. The molecule has 0 unspecified atom stereocenters. The van der Waals surface area contributed by atoms with Crippen molar-refractivity contribution in [3.8, 4) is 16.9 Å². The van der Waals surface area contributed by atoms with Crippen LogP contribution >= 0.6 is 0 Å². The fraction of sp³-hybridized carbons (Fsp3) is 0.462. The highest BCUT2D eigenvalue weighted by Gasteiger charge is 2.19. The molecule has 0 fully saturated rings. The standard InChI is InChI=1S/C26H34O5/c1-4-6-7-8-9-10-19-30-24-17-15-22(16-18-24)21-11-13-23(14-12-21)26(28)31-20(3)25(27)29-5-2/h11-18,20H,4-10,19H2,1-3H3/t20-/m0/s1. The van der Waals surface area contributed by atoms with Crippen molar-refractivity contribution in [3.05, 3.63) is 54.1 Å². The third kappa shape index (κ3) is 8.44. The van der Waals surface area contributed by atoms with Crippen LogP contribution in [0.25, 0.3) is 11.1 Å². The molecule has 2 aromatic rings. The SMILES string of the molecule is CCCCCCCCOc1ccc(-c2ccc(C(=O)O[C@@H](C)C(=O)OCC)cc2)cc1. The fourth-order valence-electron chi connectivity index (χ4n) is 3.15. The van der Waals surface area contributed by atoms with Crippen molar-refractivity contribution in [2.24, 2.45) is 0 Å². The zero-order valence-corrected chi connectivity index (χ0v) is 18.9. The number of carbonyl (C=O) groups is 2. The van der Waals surface area contributed by atoms with Crippen LogP contribution in [-0.4, -0.2) is 31.3 Å². The predicted octanol–water partition coefficient (Wildman–Crippen LogP) is 6.20. The molecule has 31 heavy (non-hydrogen) atoms. The van der Waals surface area contributed by atoms with Gasteiger partial charge in [-0.3, -0.25) is 0 Å². The summed E-state index contributed by atoms with van der Waals surface area (Å²) in [6, 6.07) is 15.1. The average Bonchev–Trinajstić information content (AvgIpc) is 2.79. The Bertz CT molecular complexity index is 796. The fourth-order valence-corrected chi connectivity index (χ4v) is 3.15. The Hall–Kier alpha value is -2.82. The molecule has 2 aromatic carbocycles. The van der Waals surface area contributed by atoms with Crippen LogP contribution in [0.4, 0.5) is 0 Å². The van der Waals surface area contributed by atoms with Gasteiger partial charge < -0.3 is 14.2 Å². The van der Waals surface area contributed by atoms with Gasteiger partial charge in [-0.25, -0.2) is 9.59 Å². The maximum Gasteiger partial charge on any atom is 0.347 e. The zero-order chi connectivity index (χ0) is 22.5. The van der Waals surface area contributed by atoms with E-state index in [1.54, 1.807) is 19.1 Å². The van der Waals surface area contributed by atoms with Crippen molar-refractivity contribution < 1.29 is 23.8 Å². The van der Waals surface area contributed by atoms with Crippen LogP contribution in [0.15, 0.2) is 48.5 Å². The van der Waals surface area contributed by atoms with E-state index in [0.717, 1.165) is 29.9 Å². The van der Waals surface area contributed by atoms with Crippen molar-refractivity contribution in [2.75, 3.05) is 13.2 Å². The van der Waals surface area contributed by atoms with E-state index in [1.807, 2.05) is 36.4 Å². The zero-order valence-electron chi connectivity index (χ0n) is 18.9. The summed E-state index contributed by atoms with van der Waals surface area (Å²) in [5.41, 5.74) is 2.41. The summed E-state index contributed by atoms with van der Waals surface area (Å²) in [7, 11) is 0.